The van der Waals surface area contributed by atoms with Gasteiger partial charge >= 0.3 is 0 Å². The molecule has 3 heteroatoms. The largest absolute Gasteiger partial charge is 0.486 e. The van der Waals surface area contributed by atoms with Crippen LogP contribution in [0.3, 0.4) is 0 Å². The summed E-state index contributed by atoms with van der Waals surface area (Å²) >= 11 is 0. The van der Waals surface area contributed by atoms with Crippen LogP contribution in [0.15, 0.2) is 12.1 Å². The van der Waals surface area contributed by atoms with Crippen LogP contribution in [0, 0.1) is 6.92 Å². The van der Waals surface area contributed by atoms with Gasteiger partial charge in [-0.25, -0.2) is 0 Å². The van der Waals surface area contributed by atoms with E-state index in [1.807, 2.05) is 26.0 Å². The minimum Gasteiger partial charge on any atom is -0.486 e. The molecule has 76 valence electrons. The number of hydrogen-bond donors (Lipinski definition) is 1. The van der Waals surface area contributed by atoms with Gasteiger partial charge in [0.25, 0.3) is 0 Å². The zero-order chi connectivity index (χ0) is 10.1. The van der Waals surface area contributed by atoms with Gasteiger partial charge < -0.3 is 15.2 Å². The van der Waals surface area contributed by atoms with Crippen molar-refractivity contribution in [3.63, 3.8) is 0 Å². The molecule has 14 heavy (non-hydrogen) atoms. The molecular formula is C11H15NO2. The SMILES string of the molecule is Cc1c(C(C)N)ccc2c1OCCO2. The lowest BCUT2D eigenvalue weighted by Gasteiger charge is -2.22. The first kappa shape index (κ1) is 9.34. The van der Waals surface area contributed by atoms with Crippen LogP contribution >= 0.6 is 0 Å². The number of ether oxygens (including phenoxy) is 2. The molecule has 0 amide bonds. The molecule has 1 heterocycles. The third-order valence-corrected chi connectivity index (χ3v) is 2.49. The molecule has 2 N–H and O–H groups in total. The Morgan fingerprint density at radius 2 is 2.00 bits per heavy atom. The highest BCUT2D eigenvalue weighted by Gasteiger charge is 2.17. The van der Waals surface area contributed by atoms with Gasteiger partial charge in [-0.15, -0.1) is 0 Å². The van der Waals surface area contributed by atoms with E-state index in [1.54, 1.807) is 0 Å². The van der Waals surface area contributed by atoms with Crippen LogP contribution in [0.5, 0.6) is 11.5 Å². The Hall–Kier alpha value is -1.22. The van der Waals surface area contributed by atoms with E-state index in [1.165, 1.54) is 0 Å². The molecule has 0 fully saturated rings. The number of fused-ring (bicyclic) bond motifs is 1. The fourth-order valence-corrected chi connectivity index (χ4v) is 1.76. The molecule has 0 saturated carbocycles. The summed E-state index contributed by atoms with van der Waals surface area (Å²) in [5, 5.41) is 0. The third kappa shape index (κ3) is 1.44. The van der Waals surface area contributed by atoms with Gasteiger partial charge in [0.15, 0.2) is 11.5 Å². The van der Waals surface area contributed by atoms with E-state index in [9.17, 15) is 0 Å². The molecule has 2 rings (SSSR count). The van der Waals surface area contributed by atoms with Gasteiger partial charge in [-0.05, 0) is 31.0 Å². The molecule has 0 spiro atoms. The highest BCUT2D eigenvalue weighted by atomic mass is 16.6. The molecule has 1 aliphatic rings. The van der Waals surface area contributed by atoms with Gasteiger partial charge in [0.2, 0.25) is 0 Å². The monoisotopic (exact) mass is 193 g/mol. The Labute approximate surface area is 83.8 Å². The van der Waals surface area contributed by atoms with Crippen LogP contribution in [0.2, 0.25) is 0 Å². The molecule has 0 aliphatic carbocycles. The average Bonchev–Trinajstić information content (AvgIpc) is 2.18. The van der Waals surface area contributed by atoms with Gasteiger partial charge in [0.05, 0.1) is 0 Å². The lowest BCUT2D eigenvalue weighted by atomic mass is 10.0. The lowest BCUT2D eigenvalue weighted by Crippen LogP contribution is -2.17. The first-order chi connectivity index (χ1) is 6.70. The number of rotatable bonds is 1. The smallest absolute Gasteiger partial charge is 0.164 e. The van der Waals surface area contributed by atoms with Crippen LogP contribution in [0.1, 0.15) is 24.1 Å². The Kier molecular flexibility index (Phi) is 2.33. The predicted octanol–water partition coefficient (Wildman–Crippen LogP) is 1.79. The van der Waals surface area contributed by atoms with E-state index >= 15 is 0 Å². The lowest BCUT2D eigenvalue weighted by molar-refractivity contribution is 0.170. The minimum atomic E-state index is 0.0332. The van der Waals surface area contributed by atoms with Gasteiger partial charge in [0.1, 0.15) is 13.2 Å². The second-order valence-electron chi connectivity index (χ2n) is 3.59. The van der Waals surface area contributed by atoms with E-state index in [4.69, 9.17) is 15.2 Å². The maximum Gasteiger partial charge on any atom is 0.164 e. The van der Waals surface area contributed by atoms with Crippen molar-refractivity contribution < 1.29 is 9.47 Å². The summed E-state index contributed by atoms with van der Waals surface area (Å²) in [4.78, 5) is 0. The van der Waals surface area contributed by atoms with E-state index < -0.39 is 0 Å². The van der Waals surface area contributed by atoms with E-state index in [-0.39, 0.29) is 6.04 Å². The van der Waals surface area contributed by atoms with Crippen molar-refractivity contribution in [3.8, 4) is 11.5 Å². The van der Waals surface area contributed by atoms with Crippen LogP contribution < -0.4 is 15.2 Å². The standard InChI is InChI=1S/C11H15NO2/c1-7-9(8(2)12)3-4-10-11(7)14-6-5-13-10/h3-4,8H,5-6,12H2,1-2H3. The van der Waals surface area contributed by atoms with Crippen molar-refractivity contribution in [3.05, 3.63) is 23.3 Å². The molecule has 0 radical (unpaired) electrons. The van der Waals surface area contributed by atoms with Gasteiger partial charge in [-0.1, -0.05) is 6.07 Å². The zero-order valence-corrected chi connectivity index (χ0v) is 8.54. The maximum atomic E-state index is 5.85. The average molecular weight is 193 g/mol. The number of benzene rings is 1. The summed E-state index contributed by atoms with van der Waals surface area (Å²) in [6.07, 6.45) is 0. The summed E-state index contributed by atoms with van der Waals surface area (Å²) in [6, 6.07) is 3.97. The highest BCUT2D eigenvalue weighted by Crippen LogP contribution is 2.36. The quantitative estimate of drug-likeness (QED) is 0.739. The molecule has 1 atom stereocenters. The zero-order valence-electron chi connectivity index (χ0n) is 8.54. The second kappa shape index (κ2) is 3.50. The molecule has 1 aliphatic heterocycles. The van der Waals surface area contributed by atoms with Crippen molar-refractivity contribution in [2.45, 2.75) is 19.9 Å². The molecule has 1 aromatic rings. The van der Waals surface area contributed by atoms with Crippen LogP contribution in [-0.4, -0.2) is 13.2 Å². The topological polar surface area (TPSA) is 44.5 Å². The van der Waals surface area contributed by atoms with Crippen molar-refractivity contribution in [2.24, 2.45) is 5.73 Å². The summed E-state index contributed by atoms with van der Waals surface area (Å²) in [5.74, 6) is 1.68. The first-order valence-electron chi connectivity index (χ1n) is 4.85. The van der Waals surface area contributed by atoms with Crippen LogP contribution in [0.4, 0.5) is 0 Å². The molecule has 1 aromatic carbocycles. The van der Waals surface area contributed by atoms with Gasteiger partial charge in [-0.3, -0.25) is 0 Å². The summed E-state index contributed by atoms with van der Waals surface area (Å²) in [6.45, 7) is 5.24. The summed E-state index contributed by atoms with van der Waals surface area (Å²) < 4.78 is 11.0. The molecule has 0 bridgehead atoms. The number of nitrogens with two attached hydrogens (primary N) is 1. The van der Waals surface area contributed by atoms with Crippen molar-refractivity contribution >= 4 is 0 Å². The number of hydrogen-bond acceptors (Lipinski definition) is 3. The molecule has 3 nitrogen and oxygen atoms in total. The second-order valence-corrected chi connectivity index (χ2v) is 3.59. The normalized spacial score (nSPS) is 16.5. The first-order valence-corrected chi connectivity index (χ1v) is 4.85. The Morgan fingerprint density at radius 1 is 1.29 bits per heavy atom. The Bertz CT molecular complexity index is 347. The predicted molar refractivity (Wildman–Crippen MR) is 54.8 cm³/mol. The van der Waals surface area contributed by atoms with Crippen molar-refractivity contribution in [1.29, 1.82) is 0 Å². The van der Waals surface area contributed by atoms with Crippen LogP contribution in [-0.2, 0) is 0 Å². The highest BCUT2D eigenvalue weighted by molar-refractivity contribution is 5.51. The molecule has 0 aromatic heterocycles. The van der Waals surface area contributed by atoms with E-state index in [0.717, 1.165) is 22.6 Å². The van der Waals surface area contributed by atoms with Crippen molar-refractivity contribution in [2.75, 3.05) is 13.2 Å². The fourth-order valence-electron chi connectivity index (χ4n) is 1.76. The Morgan fingerprint density at radius 3 is 2.71 bits per heavy atom. The molecule has 0 saturated heterocycles. The van der Waals surface area contributed by atoms with E-state index in [0.29, 0.717) is 13.2 Å². The molecule has 1 unspecified atom stereocenters. The molecular weight excluding hydrogens is 178 g/mol. The Balaban J connectivity index is 2.49. The third-order valence-electron chi connectivity index (χ3n) is 2.49. The maximum absolute atomic E-state index is 5.85. The fraction of sp³-hybridized carbons (Fsp3) is 0.455. The van der Waals surface area contributed by atoms with E-state index in [2.05, 4.69) is 0 Å². The summed E-state index contributed by atoms with van der Waals surface area (Å²) in [5.41, 5.74) is 8.07. The van der Waals surface area contributed by atoms with Crippen molar-refractivity contribution in [1.82, 2.24) is 0 Å². The van der Waals surface area contributed by atoms with Gasteiger partial charge in [-0.2, -0.15) is 0 Å². The summed E-state index contributed by atoms with van der Waals surface area (Å²) in [7, 11) is 0. The minimum absolute atomic E-state index is 0.0332. The van der Waals surface area contributed by atoms with Gasteiger partial charge in [0, 0.05) is 6.04 Å². The van der Waals surface area contributed by atoms with Crippen LogP contribution in [0.25, 0.3) is 0 Å².